The summed E-state index contributed by atoms with van der Waals surface area (Å²) < 4.78 is 4.70. The van der Waals surface area contributed by atoms with Crippen molar-refractivity contribution in [1.29, 1.82) is 0 Å². The van der Waals surface area contributed by atoms with Crippen LogP contribution in [0.2, 0.25) is 0 Å². The van der Waals surface area contributed by atoms with E-state index in [0.29, 0.717) is 6.42 Å². The van der Waals surface area contributed by atoms with Crippen LogP contribution in [0.15, 0.2) is 0 Å². The van der Waals surface area contributed by atoms with Gasteiger partial charge in [0.1, 0.15) is 5.60 Å². The highest BCUT2D eigenvalue weighted by molar-refractivity contribution is 5.59. The van der Waals surface area contributed by atoms with Gasteiger partial charge in [0.25, 0.3) is 0 Å². The molecule has 0 aliphatic carbocycles. The standard InChI is InChI=1S/C10H20O5/c1-7(2)13-9(12)14-15-10(4,5)6-8(3)11/h7-8,11H,6H2,1-5H3. The minimum atomic E-state index is -0.872. The molecule has 0 spiro atoms. The molecular weight excluding hydrogens is 200 g/mol. The Balaban J connectivity index is 3.87. The summed E-state index contributed by atoms with van der Waals surface area (Å²) in [5, 5.41) is 9.15. The summed E-state index contributed by atoms with van der Waals surface area (Å²) in [5.41, 5.74) is -0.732. The van der Waals surface area contributed by atoms with Gasteiger partial charge in [0.2, 0.25) is 0 Å². The van der Waals surface area contributed by atoms with Gasteiger partial charge in [-0.25, -0.2) is 4.79 Å². The molecule has 5 nitrogen and oxygen atoms in total. The molecule has 0 saturated heterocycles. The Bertz CT molecular complexity index is 198. The lowest BCUT2D eigenvalue weighted by Crippen LogP contribution is -2.30. The minimum Gasteiger partial charge on any atom is -0.430 e. The van der Waals surface area contributed by atoms with Gasteiger partial charge < -0.3 is 9.84 Å². The highest BCUT2D eigenvalue weighted by Gasteiger charge is 2.25. The first kappa shape index (κ1) is 14.2. The van der Waals surface area contributed by atoms with Gasteiger partial charge in [0, 0.05) is 6.42 Å². The lowest BCUT2D eigenvalue weighted by molar-refractivity contribution is -0.322. The van der Waals surface area contributed by atoms with Gasteiger partial charge in [-0.1, -0.05) is 0 Å². The number of carbonyl (C=O) groups is 1. The third kappa shape index (κ3) is 8.20. The Kier molecular flexibility index (Phi) is 5.60. The van der Waals surface area contributed by atoms with Crippen LogP contribution in [0.3, 0.4) is 0 Å². The van der Waals surface area contributed by atoms with Crippen LogP contribution in [0, 0.1) is 0 Å². The lowest BCUT2D eigenvalue weighted by Gasteiger charge is -2.23. The lowest BCUT2D eigenvalue weighted by atomic mass is 10.0. The summed E-state index contributed by atoms with van der Waals surface area (Å²) in [7, 11) is 0. The van der Waals surface area contributed by atoms with Crippen molar-refractivity contribution >= 4 is 6.16 Å². The van der Waals surface area contributed by atoms with E-state index < -0.39 is 17.9 Å². The SMILES string of the molecule is CC(O)CC(C)(C)OOC(=O)OC(C)C. The van der Waals surface area contributed by atoms with E-state index in [4.69, 9.17) is 14.7 Å². The van der Waals surface area contributed by atoms with Crippen molar-refractivity contribution in [2.45, 2.75) is 58.8 Å². The summed E-state index contributed by atoms with van der Waals surface area (Å²) >= 11 is 0. The first-order valence-corrected chi connectivity index (χ1v) is 4.97. The van der Waals surface area contributed by atoms with Crippen molar-refractivity contribution in [3.8, 4) is 0 Å². The minimum absolute atomic E-state index is 0.249. The third-order valence-electron chi connectivity index (χ3n) is 1.45. The quantitative estimate of drug-likeness (QED) is 0.436. The zero-order valence-electron chi connectivity index (χ0n) is 9.94. The van der Waals surface area contributed by atoms with Crippen molar-refractivity contribution in [2.24, 2.45) is 0 Å². The smallest absolute Gasteiger partial charge is 0.430 e. The molecule has 0 amide bonds. The summed E-state index contributed by atoms with van der Waals surface area (Å²) in [6.45, 7) is 8.48. The fraction of sp³-hybridized carbons (Fsp3) is 0.900. The monoisotopic (exact) mass is 220 g/mol. The number of ether oxygens (including phenoxy) is 1. The fourth-order valence-electron chi connectivity index (χ4n) is 1.10. The molecular formula is C10H20O5. The zero-order valence-corrected chi connectivity index (χ0v) is 9.94. The van der Waals surface area contributed by atoms with Crippen LogP contribution < -0.4 is 0 Å². The highest BCUT2D eigenvalue weighted by Crippen LogP contribution is 2.17. The van der Waals surface area contributed by atoms with Crippen LogP contribution in [-0.2, 0) is 14.5 Å². The Morgan fingerprint density at radius 1 is 1.33 bits per heavy atom. The number of rotatable bonds is 5. The van der Waals surface area contributed by atoms with Gasteiger partial charge in [0.05, 0.1) is 12.2 Å². The van der Waals surface area contributed by atoms with Crippen LogP contribution in [0.25, 0.3) is 0 Å². The van der Waals surface area contributed by atoms with Crippen LogP contribution in [0.4, 0.5) is 4.79 Å². The van der Waals surface area contributed by atoms with Crippen molar-refractivity contribution in [3.63, 3.8) is 0 Å². The van der Waals surface area contributed by atoms with Crippen LogP contribution in [0.5, 0.6) is 0 Å². The fourth-order valence-corrected chi connectivity index (χ4v) is 1.10. The molecule has 0 aromatic carbocycles. The second kappa shape index (κ2) is 5.92. The Labute approximate surface area is 90.2 Å². The van der Waals surface area contributed by atoms with Gasteiger partial charge in [-0.15, -0.1) is 0 Å². The number of hydrogen-bond acceptors (Lipinski definition) is 5. The summed E-state index contributed by atoms with van der Waals surface area (Å²) in [4.78, 5) is 20.3. The number of carbonyl (C=O) groups excluding carboxylic acids is 1. The van der Waals surface area contributed by atoms with E-state index in [-0.39, 0.29) is 6.10 Å². The Hall–Kier alpha value is -0.810. The predicted molar refractivity (Wildman–Crippen MR) is 54.2 cm³/mol. The maximum atomic E-state index is 11.0. The van der Waals surface area contributed by atoms with Crippen molar-refractivity contribution < 1.29 is 24.4 Å². The van der Waals surface area contributed by atoms with Gasteiger partial charge >= 0.3 is 6.16 Å². The molecule has 0 radical (unpaired) electrons. The molecule has 0 bridgehead atoms. The average molecular weight is 220 g/mol. The van der Waals surface area contributed by atoms with Crippen molar-refractivity contribution in [3.05, 3.63) is 0 Å². The molecule has 15 heavy (non-hydrogen) atoms. The topological polar surface area (TPSA) is 65.0 Å². The highest BCUT2D eigenvalue weighted by atomic mass is 17.2. The summed E-state index contributed by atoms with van der Waals surface area (Å²) in [6, 6.07) is 0. The maximum absolute atomic E-state index is 11.0. The van der Waals surface area contributed by atoms with Gasteiger partial charge in [0.15, 0.2) is 0 Å². The van der Waals surface area contributed by atoms with Gasteiger partial charge in [-0.05, 0) is 34.6 Å². The normalized spacial score (nSPS) is 13.8. The molecule has 0 heterocycles. The summed E-state index contributed by atoms with van der Waals surface area (Å²) in [5.74, 6) is 0. The molecule has 0 aromatic heterocycles. The van der Waals surface area contributed by atoms with E-state index in [1.807, 2.05) is 0 Å². The molecule has 0 saturated carbocycles. The molecule has 1 N–H and O–H groups in total. The second-order valence-electron chi connectivity index (χ2n) is 4.40. The van der Waals surface area contributed by atoms with E-state index in [1.165, 1.54) is 0 Å². The van der Waals surface area contributed by atoms with E-state index in [2.05, 4.69) is 4.89 Å². The molecule has 0 rings (SSSR count). The predicted octanol–water partition coefficient (Wildman–Crippen LogP) is 2.03. The number of hydrogen-bond donors (Lipinski definition) is 1. The van der Waals surface area contributed by atoms with E-state index in [1.54, 1.807) is 34.6 Å². The maximum Gasteiger partial charge on any atom is 0.540 e. The van der Waals surface area contributed by atoms with Crippen LogP contribution in [-0.4, -0.2) is 29.1 Å². The molecule has 90 valence electrons. The molecule has 0 aliphatic rings. The number of aliphatic hydroxyl groups excluding tert-OH is 1. The number of aliphatic hydroxyl groups is 1. The van der Waals surface area contributed by atoms with Crippen molar-refractivity contribution in [2.75, 3.05) is 0 Å². The van der Waals surface area contributed by atoms with Gasteiger partial charge in [-0.2, -0.15) is 4.89 Å². The molecule has 0 aliphatic heterocycles. The second-order valence-corrected chi connectivity index (χ2v) is 4.40. The third-order valence-corrected chi connectivity index (χ3v) is 1.45. The molecule has 0 aromatic rings. The molecule has 1 atom stereocenters. The van der Waals surface area contributed by atoms with E-state index in [9.17, 15) is 4.79 Å². The molecule has 0 fully saturated rings. The summed E-state index contributed by atoms with van der Waals surface area (Å²) in [6.07, 6.45) is -1.28. The van der Waals surface area contributed by atoms with Crippen LogP contribution in [0.1, 0.15) is 41.0 Å². The van der Waals surface area contributed by atoms with Gasteiger partial charge in [-0.3, -0.25) is 4.89 Å². The first-order valence-electron chi connectivity index (χ1n) is 4.97. The molecule has 1 unspecified atom stereocenters. The zero-order chi connectivity index (χ0) is 12.1. The van der Waals surface area contributed by atoms with Crippen LogP contribution >= 0.6 is 0 Å². The molecule has 5 heteroatoms. The Morgan fingerprint density at radius 3 is 2.27 bits per heavy atom. The van der Waals surface area contributed by atoms with E-state index >= 15 is 0 Å². The largest absolute Gasteiger partial charge is 0.540 e. The van der Waals surface area contributed by atoms with E-state index in [0.717, 1.165) is 0 Å². The van der Waals surface area contributed by atoms with Crippen molar-refractivity contribution in [1.82, 2.24) is 0 Å². The first-order chi connectivity index (χ1) is 6.73. The average Bonchev–Trinajstić information content (AvgIpc) is 1.97. The Morgan fingerprint density at radius 2 is 1.87 bits per heavy atom.